The van der Waals surface area contributed by atoms with Crippen LogP contribution >= 0.6 is 0 Å². The van der Waals surface area contributed by atoms with Crippen LogP contribution in [0, 0.1) is 0 Å². The molecule has 0 N–H and O–H groups in total. The Hall–Kier alpha value is -5.02. The van der Waals surface area contributed by atoms with E-state index in [1.165, 1.54) is 121 Å². The van der Waals surface area contributed by atoms with Crippen LogP contribution in [-0.2, 0) is 21.7 Å². The van der Waals surface area contributed by atoms with Crippen LogP contribution in [-0.4, -0.2) is 15.8 Å². The predicted octanol–water partition coefficient (Wildman–Crippen LogP) is 15.3. The molecule has 0 saturated carbocycles. The van der Waals surface area contributed by atoms with Gasteiger partial charge in [0.15, 0.2) is 0 Å². The Morgan fingerprint density at radius 1 is 0.406 bits per heavy atom. The highest BCUT2D eigenvalue weighted by Gasteiger charge is 2.43. The molecular formula is C61H71BN2. The lowest BCUT2D eigenvalue weighted by atomic mass is 9.33. The molecule has 0 aliphatic carbocycles. The molecule has 0 bridgehead atoms. The lowest BCUT2D eigenvalue weighted by molar-refractivity contribution is 0.590. The molecule has 2 aromatic heterocycles. The third-order valence-electron chi connectivity index (χ3n) is 15.2. The molecule has 2 nitrogen and oxygen atoms in total. The fraction of sp³-hybridized carbons (Fsp3) is 0.410. The van der Waals surface area contributed by atoms with Crippen LogP contribution in [0.25, 0.3) is 66.1 Å². The van der Waals surface area contributed by atoms with Crippen molar-refractivity contribution in [2.75, 3.05) is 0 Å². The van der Waals surface area contributed by atoms with Gasteiger partial charge >= 0.3 is 0 Å². The zero-order valence-corrected chi connectivity index (χ0v) is 42.3. The molecule has 0 fully saturated rings. The monoisotopic (exact) mass is 843 g/mol. The van der Waals surface area contributed by atoms with Gasteiger partial charge in [0, 0.05) is 44.0 Å². The summed E-state index contributed by atoms with van der Waals surface area (Å²) in [5, 5.41) is 5.45. The number of fused-ring (bicyclic) bond motifs is 10. The lowest BCUT2D eigenvalue weighted by Gasteiger charge is -2.36. The van der Waals surface area contributed by atoms with Crippen LogP contribution in [0.5, 0.6) is 0 Å². The standard InChI is InChI=1S/C61H71BN2/c1-33(2)36-23-42(34(3)4)54(43(24-36)35(5)6)37-25-52-55-53(26-37)64-51-22-20-39(59(10,11)12)28-45(51)47-30-41(61(16,17)18)32-49(57(47)64)62(55)48-31-40(60(13,14)15)29-46-44-27-38(58(7,8)9)19-21-50(44)63(52)56(46)48/h19-35H,1-18H3. The summed E-state index contributed by atoms with van der Waals surface area (Å²) in [5.41, 5.74) is 24.9. The molecule has 10 rings (SSSR count). The van der Waals surface area contributed by atoms with Crippen LogP contribution in [0.3, 0.4) is 0 Å². The molecule has 0 atom stereocenters. The zero-order valence-electron chi connectivity index (χ0n) is 42.3. The molecule has 2 aliphatic rings. The minimum absolute atomic E-state index is 0.0239. The second kappa shape index (κ2) is 13.8. The van der Waals surface area contributed by atoms with E-state index in [2.05, 4.69) is 219 Å². The molecular weight excluding hydrogens is 771 g/mol. The van der Waals surface area contributed by atoms with Crippen molar-refractivity contribution in [3.8, 4) is 22.5 Å². The minimum Gasteiger partial charge on any atom is -0.310 e. The second-order valence-electron chi connectivity index (χ2n) is 25.0. The average molecular weight is 843 g/mol. The molecule has 6 aromatic carbocycles. The van der Waals surface area contributed by atoms with Crippen molar-refractivity contribution in [1.29, 1.82) is 0 Å². The van der Waals surface area contributed by atoms with E-state index in [-0.39, 0.29) is 28.4 Å². The molecule has 4 heterocycles. The molecule has 0 spiro atoms. The summed E-state index contributed by atoms with van der Waals surface area (Å²) < 4.78 is 5.40. The Kier molecular flexibility index (Phi) is 9.22. The van der Waals surface area contributed by atoms with Crippen molar-refractivity contribution >= 4 is 66.7 Å². The summed E-state index contributed by atoms with van der Waals surface area (Å²) in [6.07, 6.45) is 0. The molecule has 64 heavy (non-hydrogen) atoms. The maximum atomic E-state index is 2.70. The van der Waals surface area contributed by atoms with Gasteiger partial charge in [0.2, 0.25) is 0 Å². The van der Waals surface area contributed by atoms with Crippen molar-refractivity contribution in [2.45, 2.75) is 164 Å². The van der Waals surface area contributed by atoms with Crippen LogP contribution in [0.4, 0.5) is 0 Å². The Morgan fingerprint density at radius 3 is 1.12 bits per heavy atom. The van der Waals surface area contributed by atoms with Crippen molar-refractivity contribution in [3.05, 3.63) is 124 Å². The molecule has 3 heteroatoms. The highest BCUT2D eigenvalue weighted by atomic mass is 15.0. The predicted molar refractivity (Wildman–Crippen MR) is 282 cm³/mol. The minimum atomic E-state index is -0.0359. The SMILES string of the molecule is CC(C)c1cc(C(C)C)c(-c2cc3c4c(c2)-n2c5ccc(C(C)(C)C)cc5c5cc(C(C)(C)C)cc(c52)B4c2cc(C(C)(C)C)cc4c5cc(C(C)(C)C)ccc5n-3c24)c(C(C)C)c1. The fourth-order valence-electron chi connectivity index (χ4n) is 11.3. The topological polar surface area (TPSA) is 9.86 Å². The largest absolute Gasteiger partial charge is 0.310 e. The molecule has 0 amide bonds. The Bertz CT molecular complexity index is 3070. The number of aromatic nitrogens is 2. The summed E-state index contributed by atoms with van der Waals surface area (Å²) in [7, 11) is 0. The van der Waals surface area contributed by atoms with E-state index in [0.29, 0.717) is 17.8 Å². The van der Waals surface area contributed by atoms with Gasteiger partial charge in [-0.1, -0.05) is 161 Å². The number of nitrogens with zero attached hydrogens (tertiary/aromatic N) is 2. The summed E-state index contributed by atoms with van der Waals surface area (Å²) in [4.78, 5) is 0. The van der Waals surface area contributed by atoms with Crippen molar-refractivity contribution < 1.29 is 0 Å². The highest BCUT2D eigenvalue weighted by molar-refractivity contribution is 7.00. The zero-order chi connectivity index (χ0) is 46.1. The van der Waals surface area contributed by atoms with Gasteiger partial charge in [-0.3, -0.25) is 0 Å². The van der Waals surface area contributed by atoms with E-state index in [9.17, 15) is 0 Å². The van der Waals surface area contributed by atoms with Gasteiger partial charge in [0.05, 0.1) is 11.0 Å². The van der Waals surface area contributed by atoms with Gasteiger partial charge in [-0.15, -0.1) is 0 Å². The Balaban J connectivity index is 1.47. The molecule has 0 unspecified atom stereocenters. The molecule has 0 radical (unpaired) electrons. The lowest BCUT2D eigenvalue weighted by Crippen LogP contribution is -2.59. The van der Waals surface area contributed by atoms with E-state index in [0.717, 1.165) is 0 Å². The summed E-state index contributed by atoms with van der Waals surface area (Å²) in [6, 6.07) is 35.3. The van der Waals surface area contributed by atoms with Crippen molar-refractivity contribution in [2.24, 2.45) is 0 Å². The number of benzene rings is 6. The van der Waals surface area contributed by atoms with Gasteiger partial charge in [0.1, 0.15) is 0 Å². The van der Waals surface area contributed by atoms with E-state index in [1.807, 2.05) is 0 Å². The maximum Gasteiger partial charge on any atom is 0.252 e. The van der Waals surface area contributed by atoms with Crippen LogP contribution in [0.1, 0.15) is 181 Å². The van der Waals surface area contributed by atoms with Crippen molar-refractivity contribution in [1.82, 2.24) is 9.13 Å². The van der Waals surface area contributed by atoms with E-state index in [1.54, 1.807) is 0 Å². The highest BCUT2D eigenvalue weighted by Crippen LogP contribution is 2.46. The molecule has 2 aliphatic heterocycles. The normalized spacial score (nSPS) is 14.2. The number of rotatable bonds is 4. The third-order valence-corrected chi connectivity index (χ3v) is 15.2. The Morgan fingerprint density at radius 2 is 0.781 bits per heavy atom. The van der Waals surface area contributed by atoms with E-state index < -0.39 is 0 Å². The first-order valence-corrected chi connectivity index (χ1v) is 24.4. The first-order valence-electron chi connectivity index (χ1n) is 24.4. The van der Waals surface area contributed by atoms with Gasteiger partial charge < -0.3 is 9.13 Å². The van der Waals surface area contributed by atoms with Crippen molar-refractivity contribution in [3.63, 3.8) is 0 Å². The van der Waals surface area contributed by atoms with Crippen LogP contribution in [0.2, 0.25) is 0 Å². The average Bonchev–Trinajstić information content (AvgIpc) is 3.71. The quantitative estimate of drug-likeness (QED) is 0.156. The molecule has 8 aromatic rings. The molecule has 328 valence electrons. The van der Waals surface area contributed by atoms with Gasteiger partial charge in [-0.25, -0.2) is 0 Å². The smallest absolute Gasteiger partial charge is 0.252 e. The fourth-order valence-corrected chi connectivity index (χ4v) is 11.3. The maximum absolute atomic E-state index is 2.70. The number of hydrogen-bond donors (Lipinski definition) is 0. The van der Waals surface area contributed by atoms with Gasteiger partial charge in [0.25, 0.3) is 6.71 Å². The van der Waals surface area contributed by atoms with E-state index >= 15 is 0 Å². The summed E-state index contributed by atoms with van der Waals surface area (Å²) in [5.74, 6) is 1.18. The second-order valence-corrected chi connectivity index (χ2v) is 25.0. The first kappa shape index (κ1) is 42.9. The van der Waals surface area contributed by atoms with Crippen LogP contribution in [0.15, 0.2) is 84.9 Å². The Labute approximate surface area is 384 Å². The third kappa shape index (κ3) is 6.25. The van der Waals surface area contributed by atoms with E-state index in [4.69, 9.17) is 0 Å². The van der Waals surface area contributed by atoms with Gasteiger partial charge in [-0.2, -0.15) is 0 Å². The van der Waals surface area contributed by atoms with Crippen LogP contribution < -0.4 is 16.4 Å². The first-order chi connectivity index (χ1) is 29.8. The number of hydrogen-bond acceptors (Lipinski definition) is 0. The van der Waals surface area contributed by atoms with Gasteiger partial charge in [-0.05, 0) is 154 Å². The summed E-state index contributed by atoms with van der Waals surface area (Å²) in [6.45, 7) is 42.8. The summed E-state index contributed by atoms with van der Waals surface area (Å²) >= 11 is 0. The molecule has 0 saturated heterocycles.